The van der Waals surface area contributed by atoms with Crippen molar-refractivity contribution in [2.75, 3.05) is 26.0 Å². The van der Waals surface area contributed by atoms with Crippen LogP contribution in [0.2, 0.25) is 0 Å². The van der Waals surface area contributed by atoms with Gasteiger partial charge in [-0.1, -0.05) is 6.92 Å². The summed E-state index contributed by atoms with van der Waals surface area (Å²) in [5.41, 5.74) is 0. The third-order valence-corrected chi connectivity index (χ3v) is 5.25. The zero-order chi connectivity index (χ0) is 12.3. The molecule has 17 heavy (non-hydrogen) atoms. The predicted molar refractivity (Wildman–Crippen MR) is 70.4 cm³/mol. The number of ether oxygens (including phenoxy) is 1. The van der Waals surface area contributed by atoms with E-state index in [-0.39, 0.29) is 10.8 Å². The summed E-state index contributed by atoms with van der Waals surface area (Å²) in [6.45, 7) is 4.52. The first-order chi connectivity index (χ1) is 8.15. The van der Waals surface area contributed by atoms with Gasteiger partial charge in [-0.25, -0.2) is 4.79 Å². The van der Waals surface area contributed by atoms with Gasteiger partial charge in [-0.05, 0) is 31.4 Å². The Labute approximate surface area is 107 Å². The summed E-state index contributed by atoms with van der Waals surface area (Å²) in [5, 5.41) is 6.00. The van der Waals surface area contributed by atoms with Crippen molar-refractivity contribution in [3.8, 4) is 0 Å². The lowest BCUT2D eigenvalue weighted by atomic mass is 9.99. The Morgan fingerprint density at radius 2 is 2.12 bits per heavy atom. The van der Waals surface area contributed by atoms with Crippen LogP contribution in [0.5, 0.6) is 0 Å². The number of carbonyl (C=O) groups is 1. The van der Waals surface area contributed by atoms with Crippen molar-refractivity contribution in [2.45, 2.75) is 37.0 Å². The number of carbonyl (C=O) groups excluding carboxylic acids is 1. The minimum Gasteiger partial charge on any atom is -0.381 e. The van der Waals surface area contributed by atoms with Crippen LogP contribution in [0.15, 0.2) is 0 Å². The van der Waals surface area contributed by atoms with E-state index in [0.717, 1.165) is 39.0 Å². The molecule has 0 aromatic heterocycles. The fourth-order valence-electron chi connectivity index (χ4n) is 2.18. The number of nitrogens with one attached hydrogen (secondary N) is 2. The van der Waals surface area contributed by atoms with Crippen LogP contribution < -0.4 is 10.6 Å². The van der Waals surface area contributed by atoms with Gasteiger partial charge in [0, 0.05) is 30.5 Å². The van der Waals surface area contributed by atoms with Crippen molar-refractivity contribution >= 4 is 17.8 Å². The molecule has 2 aliphatic rings. The number of thioether (sulfide) groups is 1. The van der Waals surface area contributed by atoms with Crippen LogP contribution in [0.4, 0.5) is 4.79 Å². The molecule has 0 aromatic carbocycles. The van der Waals surface area contributed by atoms with Crippen LogP contribution in [-0.2, 0) is 4.74 Å². The summed E-state index contributed by atoms with van der Waals surface area (Å²) < 4.78 is 5.55. The molecular formula is C12H22N2O2S. The zero-order valence-corrected chi connectivity index (χ0v) is 11.4. The molecule has 0 unspecified atom stereocenters. The molecule has 0 spiro atoms. The van der Waals surface area contributed by atoms with E-state index >= 15 is 0 Å². The minimum absolute atomic E-state index is 0.0146. The van der Waals surface area contributed by atoms with Crippen LogP contribution in [0.3, 0.4) is 0 Å². The first kappa shape index (κ1) is 13.0. The molecule has 1 aliphatic carbocycles. The molecule has 1 saturated carbocycles. The van der Waals surface area contributed by atoms with Crippen LogP contribution in [0, 0.1) is 5.92 Å². The van der Waals surface area contributed by atoms with Crippen molar-refractivity contribution in [3.05, 3.63) is 0 Å². The minimum atomic E-state index is -0.0146. The topological polar surface area (TPSA) is 50.4 Å². The summed E-state index contributed by atoms with van der Waals surface area (Å²) in [5.74, 6) is 0.651. The highest BCUT2D eigenvalue weighted by atomic mass is 32.2. The van der Waals surface area contributed by atoms with Gasteiger partial charge in [0.05, 0.1) is 0 Å². The average Bonchev–Trinajstić information content (AvgIpc) is 3.03. The van der Waals surface area contributed by atoms with Crippen molar-refractivity contribution in [2.24, 2.45) is 5.92 Å². The summed E-state index contributed by atoms with van der Waals surface area (Å²) in [6, 6.07) is 0.384. The monoisotopic (exact) mass is 258 g/mol. The lowest BCUT2D eigenvalue weighted by Gasteiger charge is -2.35. The SMILES string of the molecule is CSC1(CNC(=O)N[C@H]2C[C@H]2C)CCOCC1. The van der Waals surface area contributed by atoms with Crippen LogP contribution in [0.25, 0.3) is 0 Å². The van der Waals surface area contributed by atoms with E-state index < -0.39 is 0 Å². The number of urea groups is 1. The second-order valence-electron chi connectivity index (χ2n) is 5.15. The highest BCUT2D eigenvalue weighted by Crippen LogP contribution is 2.33. The second kappa shape index (κ2) is 5.48. The van der Waals surface area contributed by atoms with E-state index in [0.29, 0.717) is 12.0 Å². The molecule has 4 nitrogen and oxygen atoms in total. The Bertz CT molecular complexity index is 280. The van der Waals surface area contributed by atoms with Gasteiger partial charge in [0.1, 0.15) is 0 Å². The van der Waals surface area contributed by atoms with Crippen molar-refractivity contribution in [3.63, 3.8) is 0 Å². The van der Waals surface area contributed by atoms with Gasteiger partial charge in [-0.2, -0.15) is 11.8 Å². The van der Waals surface area contributed by atoms with E-state index in [1.54, 1.807) is 0 Å². The highest BCUT2D eigenvalue weighted by molar-refractivity contribution is 8.00. The molecule has 5 heteroatoms. The van der Waals surface area contributed by atoms with Crippen molar-refractivity contribution in [1.29, 1.82) is 0 Å². The first-order valence-corrected chi connectivity index (χ1v) is 7.55. The second-order valence-corrected chi connectivity index (χ2v) is 6.42. The molecule has 2 atom stereocenters. The van der Waals surface area contributed by atoms with E-state index in [9.17, 15) is 4.79 Å². The largest absolute Gasteiger partial charge is 0.381 e. The lowest BCUT2D eigenvalue weighted by Crippen LogP contribution is -2.47. The normalized spacial score (nSPS) is 30.7. The third-order valence-electron chi connectivity index (χ3n) is 3.83. The Hall–Kier alpha value is -0.420. The van der Waals surface area contributed by atoms with E-state index in [4.69, 9.17) is 4.74 Å². The Balaban J connectivity index is 1.73. The summed E-state index contributed by atoms with van der Waals surface area (Å²) in [4.78, 5) is 11.7. The van der Waals surface area contributed by atoms with Gasteiger partial charge in [-0.15, -0.1) is 0 Å². The number of amides is 2. The molecule has 2 N–H and O–H groups in total. The Morgan fingerprint density at radius 3 is 2.65 bits per heavy atom. The van der Waals surface area contributed by atoms with Crippen molar-refractivity contribution in [1.82, 2.24) is 10.6 Å². The molecule has 0 aromatic rings. The molecular weight excluding hydrogens is 236 g/mol. The maximum absolute atomic E-state index is 11.7. The molecule has 1 aliphatic heterocycles. The Morgan fingerprint density at radius 1 is 1.47 bits per heavy atom. The van der Waals surface area contributed by atoms with Gasteiger partial charge in [-0.3, -0.25) is 0 Å². The predicted octanol–water partition coefficient (Wildman–Crippen LogP) is 1.61. The fourth-order valence-corrected chi connectivity index (χ4v) is 2.97. The maximum Gasteiger partial charge on any atom is 0.315 e. The first-order valence-electron chi connectivity index (χ1n) is 6.32. The molecule has 1 heterocycles. The molecule has 2 fully saturated rings. The van der Waals surface area contributed by atoms with Crippen LogP contribution >= 0.6 is 11.8 Å². The van der Waals surface area contributed by atoms with Crippen molar-refractivity contribution < 1.29 is 9.53 Å². The van der Waals surface area contributed by atoms with E-state index in [1.165, 1.54) is 0 Å². The van der Waals surface area contributed by atoms with Crippen LogP contribution in [-0.4, -0.2) is 42.8 Å². The Kier molecular flexibility index (Phi) is 4.20. The standard InChI is InChI=1S/C12H22N2O2S/c1-9-7-10(9)14-11(15)13-8-12(17-2)3-5-16-6-4-12/h9-10H,3-8H2,1-2H3,(H2,13,14,15)/t9-,10+/m1/s1. The van der Waals surface area contributed by atoms with Gasteiger partial charge in [0.2, 0.25) is 0 Å². The maximum atomic E-state index is 11.7. The molecule has 0 radical (unpaired) electrons. The number of hydrogen-bond donors (Lipinski definition) is 2. The molecule has 1 saturated heterocycles. The average molecular weight is 258 g/mol. The summed E-state index contributed by atoms with van der Waals surface area (Å²) in [7, 11) is 0. The lowest BCUT2D eigenvalue weighted by molar-refractivity contribution is 0.0777. The van der Waals surface area contributed by atoms with Gasteiger partial charge < -0.3 is 15.4 Å². The number of hydrogen-bond acceptors (Lipinski definition) is 3. The highest BCUT2D eigenvalue weighted by Gasteiger charge is 2.35. The third kappa shape index (κ3) is 3.52. The van der Waals surface area contributed by atoms with E-state index in [1.807, 2.05) is 11.8 Å². The molecule has 98 valence electrons. The number of rotatable bonds is 4. The van der Waals surface area contributed by atoms with Gasteiger partial charge in [0.25, 0.3) is 0 Å². The smallest absolute Gasteiger partial charge is 0.315 e. The van der Waals surface area contributed by atoms with E-state index in [2.05, 4.69) is 23.8 Å². The summed E-state index contributed by atoms with van der Waals surface area (Å²) in [6.07, 6.45) is 5.28. The van der Waals surface area contributed by atoms with Crippen LogP contribution in [0.1, 0.15) is 26.2 Å². The molecule has 2 amide bonds. The van der Waals surface area contributed by atoms with Gasteiger partial charge in [0.15, 0.2) is 0 Å². The molecule has 2 rings (SSSR count). The quantitative estimate of drug-likeness (QED) is 0.805. The summed E-state index contributed by atoms with van der Waals surface area (Å²) >= 11 is 1.85. The zero-order valence-electron chi connectivity index (χ0n) is 10.6. The van der Waals surface area contributed by atoms with Gasteiger partial charge >= 0.3 is 6.03 Å². The molecule has 0 bridgehead atoms. The fraction of sp³-hybridized carbons (Fsp3) is 0.917.